The highest BCUT2D eigenvalue weighted by Gasteiger charge is 2.66. The van der Waals surface area contributed by atoms with Crippen LogP contribution in [-0.2, 0) is 15.7 Å². The third kappa shape index (κ3) is 4.37. The van der Waals surface area contributed by atoms with Gasteiger partial charge in [0.25, 0.3) is 0 Å². The van der Waals surface area contributed by atoms with E-state index in [0.29, 0.717) is 29.8 Å². The van der Waals surface area contributed by atoms with Gasteiger partial charge < -0.3 is 4.74 Å². The highest BCUT2D eigenvalue weighted by atomic mass is 19.4. The Bertz CT molecular complexity index is 1090. The van der Waals surface area contributed by atoms with E-state index in [1.54, 1.807) is 35.3 Å². The van der Waals surface area contributed by atoms with Crippen molar-refractivity contribution in [3.8, 4) is 0 Å². The lowest BCUT2D eigenvalue weighted by molar-refractivity contribution is -0.193. The van der Waals surface area contributed by atoms with Crippen LogP contribution < -0.4 is 5.01 Å². The van der Waals surface area contributed by atoms with E-state index in [1.807, 2.05) is 0 Å². The third-order valence-corrected chi connectivity index (χ3v) is 6.32. The number of para-hydroxylation sites is 1. The molecule has 10 heteroatoms. The minimum atomic E-state index is -4.67. The SMILES string of the molecule is CC(C)(C(=O)OCC(F)(F)F)C1N(c2ccccc2)N=C(c2ccc(C(F)(F)F)cc2)C12CC2. The number of hydrogen-bond acceptors (Lipinski definition) is 4. The number of carbonyl (C=O) groups is 1. The van der Waals surface area contributed by atoms with E-state index >= 15 is 0 Å². The molecule has 4 nitrogen and oxygen atoms in total. The Labute approximate surface area is 192 Å². The zero-order valence-corrected chi connectivity index (χ0v) is 18.4. The van der Waals surface area contributed by atoms with Crippen molar-refractivity contribution < 1.29 is 35.9 Å². The number of carbonyl (C=O) groups excluding carboxylic acids is 1. The van der Waals surface area contributed by atoms with Crippen LogP contribution in [0.3, 0.4) is 0 Å². The van der Waals surface area contributed by atoms with Gasteiger partial charge in [0.15, 0.2) is 6.61 Å². The lowest BCUT2D eigenvalue weighted by Crippen LogP contribution is -2.51. The largest absolute Gasteiger partial charge is 0.456 e. The number of rotatable bonds is 5. The average Bonchev–Trinajstić information content (AvgIpc) is 3.46. The fraction of sp³-hybridized carbons (Fsp3) is 0.417. The average molecular weight is 484 g/mol. The predicted molar refractivity (Wildman–Crippen MR) is 113 cm³/mol. The summed E-state index contributed by atoms with van der Waals surface area (Å²) in [7, 11) is 0. The van der Waals surface area contributed by atoms with Gasteiger partial charge in [0.2, 0.25) is 0 Å². The normalized spacial score (nSPS) is 19.8. The van der Waals surface area contributed by atoms with Crippen LogP contribution in [0.25, 0.3) is 0 Å². The fourth-order valence-corrected chi connectivity index (χ4v) is 4.66. The van der Waals surface area contributed by atoms with Gasteiger partial charge in [-0.15, -0.1) is 0 Å². The highest BCUT2D eigenvalue weighted by molar-refractivity contribution is 6.10. The summed E-state index contributed by atoms with van der Waals surface area (Å²) >= 11 is 0. The molecule has 2 aromatic rings. The van der Waals surface area contributed by atoms with Crippen molar-refractivity contribution in [3.63, 3.8) is 0 Å². The van der Waals surface area contributed by atoms with Crippen LogP contribution in [0, 0.1) is 10.8 Å². The molecular weight excluding hydrogens is 462 g/mol. The van der Waals surface area contributed by atoms with Gasteiger partial charge in [-0.3, -0.25) is 9.80 Å². The van der Waals surface area contributed by atoms with Crippen LogP contribution in [0.2, 0.25) is 0 Å². The van der Waals surface area contributed by atoms with E-state index in [0.717, 1.165) is 12.1 Å². The number of nitrogens with zero attached hydrogens (tertiary/aromatic N) is 2. The summed E-state index contributed by atoms with van der Waals surface area (Å²) in [6.07, 6.45) is -8.00. The minimum Gasteiger partial charge on any atom is -0.456 e. The van der Waals surface area contributed by atoms with Gasteiger partial charge in [0, 0.05) is 5.41 Å². The number of hydrazone groups is 1. The van der Waals surface area contributed by atoms with Crippen LogP contribution >= 0.6 is 0 Å². The molecule has 2 aliphatic rings. The Morgan fingerprint density at radius 3 is 2.09 bits per heavy atom. The molecular formula is C24H22F6N2O2. The highest BCUT2D eigenvalue weighted by Crippen LogP contribution is 2.61. The van der Waals surface area contributed by atoms with Crippen molar-refractivity contribution in [2.24, 2.45) is 15.9 Å². The maximum Gasteiger partial charge on any atom is 0.422 e. The molecule has 4 rings (SSSR count). The Morgan fingerprint density at radius 1 is 1.00 bits per heavy atom. The fourth-order valence-electron chi connectivity index (χ4n) is 4.66. The first-order chi connectivity index (χ1) is 15.8. The Hall–Kier alpha value is -3.04. The molecule has 1 atom stereocenters. The molecule has 0 N–H and O–H groups in total. The first kappa shape index (κ1) is 24.1. The van der Waals surface area contributed by atoms with Crippen molar-refractivity contribution >= 4 is 17.4 Å². The molecule has 1 unspecified atom stereocenters. The summed E-state index contributed by atoms with van der Waals surface area (Å²) in [6.45, 7) is 1.32. The van der Waals surface area contributed by atoms with Gasteiger partial charge in [0.05, 0.1) is 28.4 Å². The molecule has 1 fully saturated rings. The molecule has 182 valence electrons. The topological polar surface area (TPSA) is 41.9 Å². The lowest BCUT2D eigenvalue weighted by Gasteiger charge is -2.39. The summed E-state index contributed by atoms with van der Waals surface area (Å²) in [6, 6.07) is 12.7. The van der Waals surface area contributed by atoms with Crippen molar-refractivity contribution in [2.45, 2.75) is 45.1 Å². The maximum atomic E-state index is 13.0. The number of benzene rings is 2. The molecule has 0 aromatic heterocycles. The summed E-state index contributed by atoms with van der Waals surface area (Å²) in [5.41, 5.74) is -1.34. The first-order valence-electron chi connectivity index (χ1n) is 10.6. The quantitative estimate of drug-likeness (QED) is 0.374. The smallest absolute Gasteiger partial charge is 0.422 e. The second-order valence-electron chi connectivity index (χ2n) is 9.18. The molecule has 0 amide bonds. The van der Waals surface area contributed by atoms with Gasteiger partial charge in [0.1, 0.15) is 0 Å². The van der Waals surface area contributed by atoms with E-state index in [-0.39, 0.29) is 0 Å². The molecule has 1 aliphatic heterocycles. The monoisotopic (exact) mass is 484 g/mol. The standard InChI is InChI=1S/C24H22F6N2O2/c1-21(2,20(33)34-14-23(25,26)27)19-22(12-13-22)18(31-32(19)17-6-4-3-5-7-17)15-8-10-16(11-9-15)24(28,29)30/h3-11,19H,12-14H2,1-2H3. The van der Waals surface area contributed by atoms with E-state index in [1.165, 1.54) is 26.0 Å². The zero-order valence-electron chi connectivity index (χ0n) is 18.4. The number of alkyl halides is 6. The molecule has 0 bridgehead atoms. The molecule has 0 saturated heterocycles. The van der Waals surface area contributed by atoms with Crippen LogP contribution in [0.5, 0.6) is 0 Å². The molecule has 34 heavy (non-hydrogen) atoms. The van der Waals surface area contributed by atoms with Crippen LogP contribution in [0.4, 0.5) is 32.0 Å². The van der Waals surface area contributed by atoms with Crippen LogP contribution in [0.1, 0.15) is 37.8 Å². The summed E-state index contributed by atoms with van der Waals surface area (Å²) in [5.74, 6) is -1.02. The number of anilines is 1. The Morgan fingerprint density at radius 2 is 1.59 bits per heavy atom. The first-order valence-corrected chi connectivity index (χ1v) is 10.6. The van der Waals surface area contributed by atoms with Crippen molar-refractivity contribution in [1.82, 2.24) is 0 Å². The van der Waals surface area contributed by atoms with Gasteiger partial charge in [-0.25, -0.2) is 0 Å². The Balaban J connectivity index is 1.74. The summed E-state index contributed by atoms with van der Waals surface area (Å²) in [5, 5.41) is 6.31. The zero-order chi connectivity index (χ0) is 24.9. The predicted octanol–water partition coefficient (Wildman–Crippen LogP) is 6.21. The minimum absolute atomic E-state index is 0.466. The number of esters is 1. The number of hydrogen-bond donors (Lipinski definition) is 0. The van der Waals surface area contributed by atoms with Gasteiger partial charge in [-0.2, -0.15) is 31.4 Å². The Kier molecular flexibility index (Phi) is 5.69. The van der Waals surface area contributed by atoms with E-state index in [4.69, 9.17) is 5.10 Å². The van der Waals surface area contributed by atoms with Crippen molar-refractivity contribution in [1.29, 1.82) is 0 Å². The van der Waals surface area contributed by atoms with E-state index in [9.17, 15) is 31.1 Å². The molecule has 1 saturated carbocycles. The van der Waals surface area contributed by atoms with Crippen LogP contribution in [-0.4, -0.2) is 30.5 Å². The van der Waals surface area contributed by atoms with Gasteiger partial charge in [-0.1, -0.05) is 30.3 Å². The molecule has 2 aromatic carbocycles. The summed E-state index contributed by atoms with van der Waals surface area (Å²) in [4.78, 5) is 12.9. The molecule has 1 aliphatic carbocycles. The van der Waals surface area contributed by atoms with Crippen molar-refractivity contribution in [2.75, 3.05) is 11.6 Å². The van der Waals surface area contributed by atoms with Gasteiger partial charge >= 0.3 is 18.3 Å². The second-order valence-corrected chi connectivity index (χ2v) is 9.18. The lowest BCUT2D eigenvalue weighted by atomic mass is 9.72. The molecule has 1 heterocycles. The number of halogens is 6. The second kappa shape index (κ2) is 8.02. The maximum absolute atomic E-state index is 13.0. The summed E-state index contributed by atoms with van der Waals surface area (Å²) < 4.78 is 81.8. The van der Waals surface area contributed by atoms with Crippen LogP contribution in [0.15, 0.2) is 59.7 Å². The van der Waals surface area contributed by atoms with Crippen molar-refractivity contribution in [3.05, 3.63) is 65.7 Å². The third-order valence-electron chi connectivity index (χ3n) is 6.32. The van der Waals surface area contributed by atoms with E-state index in [2.05, 4.69) is 4.74 Å². The molecule has 0 radical (unpaired) electrons. The molecule has 1 spiro atoms. The van der Waals surface area contributed by atoms with Gasteiger partial charge in [-0.05, 0) is 56.5 Å². The number of ether oxygens (including phenoxy) is 1. The van der Waals surface area contributed by atoms with E-state index < -0.39 is 47.4 Å².